The maximum Gasteiger partial charge on any atom is 0.338 e. The molecule has 40 heavy (non-hydrogen) atoms. The maximum absolute atomic E-state index is 12.2. The predicted molar refractivity (Wildman–Crippen MR) is 149 cm³/mol. The molecule has 0 fully saturated rings. The van der Waals surface area contributed by atoms with E-state index in [0.29, 0.717) is 35.0 Å². The van der Waals surface area contributed by atoms with E-state index in [1.165, 1.54) is 12.1 Å². The molecular formula is C30H32N2O8. The van der Waals surface area contributed by atoms with E-state index in [9.17, 15) is 19.2 Å². The molecule has 0 aliphatic rings. The lowest BCUT2D eigenvalue weighted by atomic mass is 10.2. The summed E-state index contributed by atoms with van der Waals surface area (Å²) in [6.45, 7) is 1.78. The number of methoxy groups -OCH3 is 1. The van der Waals surface area contributed by atoms with Crippen molar-refractivity contribution in [3.8, 4) is 17.2 Å². The normalized spacial score (nSPS) is 10.2. The summed E-state index contributed by atoms with van der Waals surface area (Å²) in [7, 11) is 1.59. The Kier molecular flexibility index (Phi) is 11.5. The topological polar surface area (TPSA) is 129 Å². The van der Waals surface area contributed by atoms with Crippen LogP contribution in [0.1, 0.15) is 43.0 Å². The Morgan fingerprint density at radius 2 is 1.23 bits per heavy atom. The van der Waals surface area contributed by atoms with Crippen LogP contribution in [-0.2, 0) is 23.9 Å². The van der Waals surface area contributed by atoms with Crippen molar-refractivity contribution in [3.05, 3.63) is 78.4 Å². The minimum absolute atomic E-state index is 0.0100. The van der Waals surface area contributed by atoms with Crippen molar-refractivity contribution < 1.29 is 38.1 Å². The number of ether oxygens (including phenoxy) is 4. The molecule has 2 N–H and O–H groups in total. The molecule has 10 heteroatoms. The van der Waals surface area contributed by atoms with E-state index in [0.717, 1.165) is 12.2 Å². The molecule has 0 saturated heterocycles. The highest BCUT2D eigenvalue weighted by molar-refractivity contribution is 5.94. The molecule has 0 aromatic heterocycles. The van der Waals surface area contributed by atoms with E-state index < -0.39 is 24.5 Å². The zero-order valence-electron chi connectivity index (χ0n) is 22.4. The maximum atomic E-state index is 12.2. The second kappa shape index (κ2) is 15.5. The average Bonchev–Trinajstić information content (AvgIpc) is 2.96. The Balaban J connectivity index is 1.31. The van der Waals surface area contributed by atoms with Crippen LogP contribution in [0.25, 0.3) is 0 Å². The molecule has 0 aliphatic heterocycles. The quantitative estimate of drug-likeness (QED) is 0.258. The first-order valence-electron chi connectivity index (χ1n) is 12.8. The van der Waals surface area contributed by atoms with E-state index in [1.807, 2.05) is 6.92 Å². The molecule has 2 amide bonds. The summed E-state index contributed by atoms with van der Waals surface area (Å²) in [6.07, 6.45) is 1.09. The van der Waals surface area contributed by atoms with Gasteiger partial charge in [0.25, 0.3) is 5.91 Å². The second-order valence-electron chi connectivity index (χ2n) is 8.63. The number of anilines is 2. The van der Waals surface area contributed by atoms with E-state index in [-0.39, 0.29) is 25.2 Å². The number of carbonyl (C=O) groups excluding carboxylic acids is 4. The van der Waals surface area contributed by atoms with Gasteiger partial charge in [-0.25, -0.2) is 4.79 Å². The Bertz CT molecular complexity index is 1270. The van der Waals surface area contributed by atoms with Crippen LogP contribution in [0.4, 0.5) is 11.4 Å². The number of benzene rings is 3. The Labute approximate surface area is 232 Å². The van der Waals surface area contributed by atoms with Crippen LogP contribution in [0, 0.1) is 0 Å². The van der Waals surface area contributed by atoms with E-state index in [2.05, 4.69) is 10.6 Å². The zero-order valence-corrected chi connectivity index (χ0v) is 22.4. The third-order valence-corrected chi connectivity index (χ3v) is 5.42. The average molecular weight is 549 g/mol. The summed E-state index contributed by atoms with van der Waals surface area (Å²) < 4.78 is 20.9. The lowest BCUT2D eigenvalue weighted by Crippen LogP contribution is -2.21. The van der Waals surface area contributed by atoms with Crippen molar-refractivity contribution >= 4 is 35.1 Å². The van der Waals surface area contributed by atoms with Crippen molar-refractivity contribution in [1.82, 2.24) is 0 Å². The number of hydrogen-bond donors (Lipinski definition) is 2. The third kappa shape index (κ3) is 10.1. The number of amides is 2. The predicted octanol–water partition coefficient (Wildman–Crippen LogP) is 5.35. The monoisotopic (exact) mass is 548 g/mol. The minimum atomic E-state index is -0.586. The molecule has 0 unspecified atom stereocenters. The summed E-state index contributed by atoms with van der Waals surface area (Å²) in [5.74, 6) is 0.201. The Morgan fingerprint density at radius 1 is 0.675 bits per heavy atom. The molecule has 0 atom stereocenters. The van der Waals surface area contributed by atoms with Gasteiger partial charge in [0.1, 0.15) is 17.2 Å². The largest absolute Gasteiger partial charge is 0.497 e. The molecule has 0 spiro atoms. The number of carbonyl (C=O) groups is 4. The van der Waals surface area contributed by atoms with Gasteiger partial charge in [-0.15, -0.1) is 0 Å². The van der Waals surface area contributed by atoms with Gasteiger partial charge in [0.15, 0.2) is 6.61 Å². The second-order valence-corrected chi connectivity index (χ2v) is 8.63. The van der Waals surface area contributed by atoms with Gasteiger partial charge < -0.3 is 29.6 Å². The molecule has 10 nitrogen and oxygen atoms in total. The van der Waals surface area contributed by atoms with Crippen molar-refractivity contribution in [2.75, 3.05) is 31.0 Å². The summed E-state index contributed by atoms with van der Waals surface area (Å²) in [4.78, 5) is 48.1. The Morgan fingerprint density at radius 3 is 1.82 bits per heavy atom. The number of hydrogen-bond acceptors (Lipinski definition) is 8. The first-order valence-corrected chi connectivity index (χ1v) is 12.8. The van der Waals surface area contributed by atoms with Gasteiger partial charge in [0, 0.05) is 24.2 Å². The summed E-state index contributed by atoms with van der Waals surface area (Å²) in [6, 6.07) is 20.3. The van der Waals surface area contributed by atoms with Crippen LogP contribution in [0.2, 0.25) is 0 Å². The SMILES string of the molecule is CCCOC(=O)c1ccc(NC(=O)COC(=O)CCCC(=O)Nc2ccc(Oc3ccc(OC)cc3)cc2)cc1. The zero-order chi connectivity index (χ0) is 28.7. The molecule has 0 aliphatic carbocycles. The highest BCUT2D eigenvalue weighted by atomic mass is 16.5. The smallest absolute Gasteiger partial charge is 0.338 e. The third-order valence-electron chi connectivity index (χ3n) is 5.42. The minimum Gasteiger partial charge on any atom is -0.497 e. The molecule has 0 saturated carbocycles. The van der Waals surface area contributed by atoms with E-state index >= 15 is 0 Å². The van der Waals surface area contributed by atoms with Gasteiger partial charge >= 0.3 is 11.9 Å². The van der Waals surface area contributed by atoms with Crippen molar-refractivity contribution in [2.45, 2.75) is 32.6 Å². The van der Waals surface area contributed by atoms with Crippen LogP contribution in [0.3, 0.4) is 0 Å². The lowest BCUT2D eigenvalue weighted by molar-refractivity contribution is -0.147. The standard InChI is InChI=1S/C30H32N2O8/c1-3-19-38-30(36)21-7-9-22(10-8-21)32-28(34)20-39-29(35)6-4-5-27(33)31-23-11-13-25(14-12-23)40-26-17-15-24(37-2)16-18-26/h7-18H,3-6,19-20H2,1-2H3,(H,31,33)(H,32,34). The molecule has 0 heterocycles. The number of esters is 2. The van der Waals surface area contributed by atoms with E-state index in [1.54, 1.807) is 67.8 Å². The van der Waals surface area contributed by atoms with Gasteiger partial charge in [-0.05, 0) is 85.6 Å². The fourth-order valence-corrected chi connectivity index (χ4v) is 3.39. The van der Waals surface area contributed by atoms with Gasteiger partial charge in [-0.3, -0.25) is 14.4 Å². The number of rotatable bonds is 14. The van der Waals surface area contributed by atoms with Gasteiger partial charge in [0.2, 0.25) is 5.91 Å². The van der Waals surface area contributed by atoms with Crippen LogP contribution in [0.5, 0.6) is 17.2 Å². The van der Waals surface area contributed by atoms with Gasteiger partial charge in [0.05, 0.1) is 19.3 Å². The van der Waals surface area contributed by atoms with Crippen LogP contribution >= 0.6 is 0 Å². The van der Waals surface area contributed by atoms with Crippen LogP contribution in [-0.4, -0.2) is 44.1 Å². The molecule has 0 bridgehead atoms. The van der Waals surface area contributed by atoms with Gasteiger partial charge in [-0.1, -0.05) is 6.92 Å². The molecular weight excluding hydrogens is 516 g/mol. The first kappa shape index (κ1) is 29.7. The molecule has 210 valence electrons. The highest BCUT2D eigenvalue weighted by Crippen LogP contribution is 2.25. The lowest BCUT2D eigenvalue weighted by Gasteiger charge is -2.09. The van der Waals surface area contributed by atoms with Crippen LogP contribution in [0.15, 0.2) is 72.8 Å². The summed E-state index contributed by atoms with van der Waals surface area (Å²) >= 11 is 0. The molecule has 3 aromatic rings. The summed E-state index contributed by atoms with van der Waals surface area (Å²) in [5, 5.41) is 5.35. The highest BCUT2D eigenvalue weighted by Gasteiger charge is 2.11. The van der Waals surface area contributed by atoms with Crippen molar-refractivity contribution in [1.29, 1.82) is 0 Å². The van der Waals surface area contributed by atoms with E-state index in [4.69, 9.17) is 18.9 Å². The molecule has 3 rings (SSSR count). The van der Waals surface area contributed by atoms with Crippen LogP contribution < -0.4 is 20.1 Å². The molecule has 0 radical (unpaired) electrons. The Hall–Kier alpha value is -4.86. The summed E-state index contributed by atoms with van der Waals surface area (Å²) in [5.41, 5.74) is 1.42. The van der Waals surface area contributed by atoms with Crippen molar-refractivity contribution in [3.63, 3.8) is 0 Å². The number of nitrogens with one attached hydrogen (secondary N) is 2. The molecule has 3 aromatic carbocycles. The fraction of sp³-hybridized carbons (Fsp3) is 0.267. The fourth-order valence-electron chi connectivity index (χ4n) is 3.39. The first-order chi connectivity index (χ1) is 19.4. The van der Waals surface area contributed by atoms with Crippen molar-refractivity contribution in [2.24, 2.45) is 0 Å². The van der Waals surface area contributed by atoms with Gasteiger partial charge in [-0.2, -0.15) is 0 Å².